The molecule has 0 aliphatic carbocycles. The van der Waals surface area contributed by atoms with Crippen LogP contribution in [-0.2, 0) is 9.59 Å². The first-order chi connectivity index (χ1) is 15.3. The van der Waals surface area contributed by atoms with E-state index in [9.17, 15) is 9.59 Å². The number of aryl methyl sites for hydroxylation is 3. The van der Waals surface area contributed by atoms with Gasteiger partial charge in [-0.3, -0.25) is 14.5 Å². The van der Waals surface area contributed by atoms with Gasteiger partial charge in [0.2, 0.25) is 5.91 Å². The molecule has 0 aromatic heterocycles. The Hall–Kier alpha value is -3.60. The quantitative estimate of drug-likeness (QED) is 0.601. The third-order valence-corrected chi connectivity index (χ3v) is 6.00. The molecule has 3 aromatic rings. The van der Waals surface area contributed by atoms with E-state index in [-0.39, 0.29) is 18.4 Å². The summed E-state index contributed by atoms with van der Waals surface area (Å²) >= 11 is 0. The minimum atomic E-state index is -0.727. The van der Waals surface area contributed by atoms with Crippen LogP contribution in [0.1, 0.15) is 28.3 Å². The average Bonchev–Trinajstić information content (AvgIpc) is 2.76. The highest BCUT2D eigenvalue weighted by molar-refractivity contribution is 6.14. The number of amides is 2. The molecule has 4 rings (SSSR count). The molecule has 1 saturated heterocycles. The Balaban J connectivity index is 1.82. The zero-order valence-electron chi connectivity index (χ0n) is 19.3. The van der Waals surface area contributed by atoms with Crippen LogP contribution >= 0.6 is 0 Å². The van der Waals surface area contributed by atoms with Gasteiger partial charge in [0, 0.05) is 31.2 Å². The highest BCUT2D eigenvalue weighted by atomic mass is 16.2. The minimum absolute atomic E-state index is 0.0154. The molecule has 32 heavy (non-hydrogen) atoms. The Kier molecular flexibility index (Phi) is 5.74. The third-order valence-electron chi connectivity index (χ3n) is 6.00. The summed E-state index contributed by atoms with van der Waals surface area (Å²) in [6.45, 7) is 6.03. The fraction of sp³-hybridized carbons (Fsp3) is 0.259. The first kappa shape index (κ1) is 21.6. The van der Waals surface area contributed by atoms with E-state index in [4.69, 9.17) is 0 Å². The van der Waals surface area contributed by atoms with Crippen molar-refractivity contribution in [1.82, 2.24) is 0 Å². The summed E-state index contributed by atoms with van der Waals surface area (Å²) in [4.78, 5) is 32.7. The van der Waals surface area contributed by atoms with E-state index < -0.39 is 6.04 Å². The van der Waals surface area contributed by atoms with Crippen LogP contribution in [-0.4, -0.2) is 32.5 Å². The molecule has 0 radical (unpaired) electrons. The molecule has 1 atom stereocenters. The normalized spacial score (nSPS) is 16.5. The van der Waals surface area contributed by atoms with Crippen LogP contribution in [0.5, 0.6) is 0 Å². The van der Waals surface area contributed by atoms with Crippen molar-refractivity contribution < 1.29 is 9.59 Å². The predicted molar refractivity (Wildman–Crippen MR) is 130 cm³/mol. The van der Waals surface area contributed by atoms with Crippen LogP contribution in [0.15, 0.2) is 66.7 Å². The maximum Gasteiger partial charge on any atom is 0.255 e. The monoisotopic (exact) mass is 427 g/mol. The maximum atomic E-state index is 13.9. The Morgan fingerprint density at radius 2 is 1.44 bits per heavy atom. The summed E-state index contributed by atoms with van der Waals surface area (Å²) in [5.74, 6) is -0.204. The summed E-state index contributed by atoms with van der Waals surface area (Å²) in [6, 6.07) is 20.8. The number of rotatable bonds is 4. The summed E-state index contributed by atoms with van der Waals surface area (Å²) in [7, 11) is 3.96. The largest absolute Gasteiger partial charge is 0.378 e. The Bertz CT molecular complexity index is 1150. The molecule has 0 spiro atoms. The fourth-order valence-electron chi connectivity index (χ4n) is 4.23. The number of carbonyl (C=O) groups excluding carboxylic acids is 2. The molecule has 0 N–H and O–H groups in total. The van der Waals surface area contributed by atoms with E-state index in [1.807, 2.05) is 106 Å². The van der Waals surface area contributed by atoms with Crippen LogP contribution in [0.3, 0.4) is 0 Å². The van der Waals surface area contributed by atoms with Gasteiger partial charge in [0.05, 0.1) is 0 Å². The summed E-state index contributed by atoms with van der Waals surface area (Å²) < 4.78 is 0. The molecule has 164 valence electrons. The van der Waals surface area contributed by atoms with Crippen LogP contribution < -0.4 is 14.7 Å². The maximum absolute atomic E-state index is 13.9. The minimum Gasteiger partial charge on any atom is -0.378 e. The van der Waals surface area contributed by atoms with E-state index in [0.717, 1.165) is 39.3 Å². The van der Waals surface area contributed by atoms with Gasteiger partial charge < -0.3 is 9.80 Å². The van der Waals surface area contributed by atoms with Gasteiger partial charge in [-0.05, 0) is 62.2 Å². The molecule has 5 heteroatoms. The summed E-state index contributed by atoms with van der Waals surface area (Å²) in [6.07, 6.45) is 0. The van der Waals surface area contributed by atoms with Crippen LogP contribution in [0.25, 0.3) is 0 Å². The zero-order chi connectivity index (χ0) is 23.0. The molecule has 0 saturated carbocycles. The van der Waals surface area contributed by atoms with Gasteiger partial charge in [0.1, 0.15) is 12.6 Å². The Morgan fingerprint density at radius 1 is 0.812 bits per heavy atom. The van der Waals surface area contributed by atoms with Crippen LogP contribution in [0, 0.1) is 20.8 Å². The standard InChI is InChI=1S/C27H29N3O2/c1-18-6-11-23(12-7-18)29-17-25(31)30(24-15-8-19(2)16-20(24)3)26(27(29)32)21-9-13-22(14-10-21)28(4)5/h6-16,26H,17H2,1-5H3/t26-/m1/s1. The first-order valence-corrected chi connectivity index (χ1v) is 10.8. The molecule has 0 unspecified atom stereocenters. The second-order valence-corrected chi connectivity index (χ2v) is 8.70. The number of nitrogens with zero attached hydrogens (tertiary/aromatic N) is 3. The van der Waals surface area contributed by atoms with Gasteiger partial charge in [0.25, 0.3) is 5.91 Å². The van der Waals surface area contributed by atoms with Crippen molar-refractivity contribution >= 4 is 28.9 Å². The third kappa shape index (κ3) is 3.98. The van der Waals surface area contributed by atoms with Gasteiger partial charge in [-0.1, -0.05) is 47.5 Å². The lowest BCUT2D eigenvalue weighted by atomic mass is 9.97. The number of hydrogen-bond acceptors (Lipinski definition) is 3. The smallest absolute Gasteiger partial charge is 0.255 e. The van der Waals surface area contributed by atoms with Crippen molar-refractivity contribution in [2.75, 3.05) is 35.3 Å². The fourth-order valence-corrected chi connectivity index (χ4v) is 4.23. The second kappa shape index (κ2) is 8.50. The molecular formula is C27H29N3O2. The van der Waals surface area contributed by atoms with E-state index in [2.05, 4.69) is 0 Å². The Morgan fingerprint density at radius 3 is 2.03 bits per heavy atom. The van der Waals surface area contributed by atoms with Gasteiger partial charge in [-0.15, -0.1) is 0 Å². The SMILES string of the molecule is Cc1ccc(N2CC(=O)N(c3ccc(C)cc3C)[C@H](c3ccc(N(C)C)cc3)C2=O)cc1. The van der Waals surface area contributed by atoms with Gasteiger partial charge in [-0.2, -0.15) is 0 Å². The lowest BCUT2D eigenvalue weighted by Crippen LogP contribution is -2.56. The van der Waals surface area contributed by atoms with Gasteiger partial charge in [-0.25, -0.2) is 0 Å². The summed E-state index contributed by atoms with van der Waals surface area (Å²) in [5.41, 5.74) is 6.56. The van der Waals surface area contributed by atoms with Gasteiger partial charge in [0.15, 0.2) is 0 Å². The van der Waals surface area contributed by atoms with Crippen molar-refractivity contribution in [3.8, 4) is 0 Å². The number of benzene rings is 3. The van der Waals surface area contributed by atoms with Crippen LogP contribution in [0.2, 0.25) is 0 Å². The molecule has 1 aliphatic heterocycles. The number of piperazine rings is 1. The van der Waals surface area contributed by atoms with E-state index in [0.29, 0.717) is 0 Å². The topological polar surface area (TPSA) is 43.9 Å². The highest BCUT2D eigenvalue weighted by Crippen LogP contribution is 2.36. The zero-order valence-corrected chi connectivity index (χ0v) is 19.3. The molecular weight excluding hydrogens is 398 g/mol. The van der Waals surface area contributed by atoms with Crippen molar-refractivity contribution in [3.63, 3.8) is 0 Å². The average molecular weight is 428 g/mol. The highest BCUT2D eigenvalue weighted by Gasteiger charge is 2.42. The van der Waals surface area contributed by atoms with E-state index in [1.54, 1.807) is 9.80 Å². The van der Waals surface area contributed by atoms with Crippen molar-refractivity contribution in [3.05, 3.63) is 89.0 Å². The van der Waals surface area contributed by atoms with E-state index in [1.165, 1.54) is 0 Å². The summed E-state index contributed by atoms with van der Waals surface area (Å²) in [5, 5.41) is 0. The number of anilines is 3. The number of carbonyl (C=O) groups is 2. The molecule has 3 aromatic carbocycles. The molecule has 1 heterocycles. The van der Waals surface area contributed by atoms with Gasteiger partial charge >= 0.3 is 0 Å². The predicted octanol–water partition coefficient (Wildman–Crippen LogP) is 4.80. The second-order valence-electron chi connectivity index (χ2n) is 8.70. The lowest BCUT2D eigenvalue weighted by Gasteiger charge is -2.41. The lowest BCUT2D eigenvalue weighted by molar-refractivity contribution is -0.128. The Labute approximate surface area is 189 Å². The van der Waals surface area contributed by atoms with E-state index >= 15 is 0 Å². The van der Waals surface area contributed by atoms with Crippen molar-refractivity contribution in [2.45, 2.75) is 26.8 Å². The number of hydrogen-bond donors (Lipinski definition) is 0. The molecule has 1 aliphatic rings. The van der Waals surface area contributed by atoms with Crippen molar-refractivity contribution in [1.29, 1.82) is 0 Å². The molecule has 0 bridgehead atoms. The van der Waals surface area contributed by atoms with Crippen molar-refractivity contribution in [2.24, 2.45) is 0 Å². The first-order valence-electron chi connectivity index (χ1n) is 10.8. The molecule has 1 fully saturated rings. The van der Waals surface area contributed by atoms with Crippen LogP contribution in [0.4, 0.5) is 17.1 Å². The molecule has 5 nitrogen and oxygen atoms in total. The molecule has 2 amide bonds.